The normalized spacial score (nSPS) is 16.2. The van der Waals surface area contributed by atoms with Gasteiger partial charge in [-0.3, -0.25) is 9.59 Å². The van der Waals surface area contributed by atoms with Crippen LogP contribution in [-0.4, -0.2) is 83.9 Å². The van der Waals surface area contributed by atoms with E-state index in [0.717, 1.165) is 44.8 Å². The quantitative estimate of drug-likeness (QED) is 0.318. The van der Waals surface area contributed by atoms with Gasteiger partial charge >= 0.3 is 0 Å². The highest BCUT2D eigenvalue weighted by Gasteiger charge is 2.23. The maximum Gasteiger partial charge on any atom is 0.256 e. The first-order valence-corrected chi connectivity index (χ1v) is 13.6. The molecular weight excluding hydrogens is 520 g/mol. The largest absolute Gasteiger partial charge is 0.398 e. The molecule has 2 aliphatic heterocycles. The van der Waals surface area contributed by atoms with Crippen LogP contribution in [0.4, 0.5) is 28.7 Å². The van der Waals surface area contributed by atoms with Crippen LogP contribution in [0.3, 0.4) is 0 Å². The van der Waals surface area contributed by atoms with Gasteiger partial charge in [-0.25, -0.2) is 9.97 Å². The predicted octanol–water partition coefficient (Wildman–Crippen LogP) is 2.24. The number of nitriles is 1. The van der Waals surface area contributed by atoms with E-state index in [9.17, 15) is 9.59 Å². The average Bonchev–Trinajstić information content (AvgIpc) is 2.98. The highest BCUT2D eigenvalue weighted by Crippen LogP contribution is 2.27. The number of pyridine rings is 2. The first-order chi connectivity index (χ1) is 19.8. The van der Waals surface area contributed by atoms with E-state index >= 15 is 0 Å². The van der Waals surface area contributed by atoms with Crippen molar-refractivity contribution in [2.75, 3.05) is 67.6 Å². The third-order valence-corrected chi connectivity index (χ3v) is 7.57. The van der Waals surface area contributed by atoms with E-state index in [1.807, 2.05) is 18.0 Å². The molecule has 12 heteroatoms. The van der Waals surface area contributed by atoms with Crippen molar-refractivity contribution in [1.29, 1.82) is 5.26 Å². The Balaban J connectivity index is 1.24. The van der Waals surface area contributed by atoms with Crippen LogP contribution in [0.1, 0.15) is 39.1 Å². The van der Waals surface area contributed by atoms with Gasteiger partial charge in [0.25, 0.3) is 11.8 Å². The molecule has 0 radical (unpaired) electrons. The van der Waals surface area contributed by atoms with Gasteiger partial charge in [-0.2, -0.15) is 5.26 Å². The number of piperazine rings is 1. The first-order valence-electron chi connectivity index (χ1n) is 13.6. The molecule has 0 aliphatic carbocycles. The number of hydrogen-bond acceptors (Lipinski definition) is 10. The summed E-state index contributed by atoms with van der Waals surface area (Å²) in [6.45, 7) is 4.57. The molecule has 0 spiro atoms. The summed E-state index contributed by atoms with van der Waals surface area (Å²) in [5.74, 6) is 0.709. The number of amides is 2. The summed E-state index contributed by atoms with van der Waals surface area (Å²) < 4.78 is 0. The van der Waals surface area contributed by atoms with Gasteiger partial charge in [-0.15, -0.1) is 0 Å². The number of nitrogens with two attached hydrogens (primary N) is 2. The second-order valence-electron chi connectivity index (χ2n) is 10.4. The standard InChI is InChI=1S/C29H34N10O2/c1-37-10-12-39(13-11-37)29(41)22-4-3-21(14-24(22)31)36-26-15-25(23(18-33-26)28(32)40)35-20-6-8-38(9-7-20)27-5-2-19(16-30)17-34-27/h2-5,14-15,17-18,20H,6-13,31H2,1H3,(H2,32,40)(H2,33,35,36). The van der Waals surface area contributed by atoms with Crippen molar-refractivity contribution in [2.45, 2.75) is 18.9 Å². The van der Waals surface area contributed by atoms with Gasteiger partial charge in [0.2, 0.25) is 0 Å². The molecule has 1 aromatic carbocycles. The van der Waals surface area contributed by atoms with Gasteiger partial charge in [-0.05, 0) is 50.2 Å². The number of carbonyl (C=O) groups is 2. The zero-order valence-electron chi connectivity index (χ0n) is 23.0. The van der Waals surface area contributed by atoms with Crippen molar-refractivity contribution in [3.63, 3.8) is 0 Å². The van der Waals surface area contributed by atoms with E-state index in [0.29, 0.717) is 52.7 Å². The summed E-state index contributed by atoms with van der Waals surface area (Å²) in [6.07, 6.45) is 4.68. The number of nitrogen functional groups attached to an aromatic ring is 1. The number of rotatable bonds is 7. The molecule has 5 rings (SSSR count). The van der Waals surface area contributed by atoms with E-state index in [4.69, 9.17) is 16.7 Å². The molecule has 12 nitrogen and oxygen atoms in total. The van der Waals surface area contributed by atoms with Crippen molar-refractivity contribution in [3.05, 3.63) is 65.5 Å². The van der Waals surface area contributed by atoms with Gasteiger partial charge in [0.05, 0.1) is 22.4 Å². The van der Waals surface area contributed by atoms with Crippen molar-refractivity contribution in [1.82, 2.24) is 19.8 Å². The summed E-state index contributed by atoms with van der Waals surface area (Å²) >= 11 is 0. The Morgan fingerprint density at radius 1 is 0.976 bits per heavy atom. The minimum atomic E-state index is -0.568. The van der Waals surface area contributed by atoms with Crippen LogP contribution in [0, 0.1) is 11.3 Å². The zero-order valence-corrected chi connectivity index (χ0v) is 23.0. The monoisotopic (exact) mass is 554 g/mol. The molecule has 2 aliphatic rings. The number of hydrogen-bond donors (Lipinski definition) is 4. The van der Waals surface area contributed by atoms with Crippen LogP contribution >= 0.6 is 0 Å². The van der Waals surface area contributed by atoms with Crippen LogP contribution in [-0.2, 0) is 0 Å². The Morgan fingerprint density at radius 2 is 1.73 bits per heavy atom. The number of primary amides is 1. The van der Waals surface area contributed by atoms with Crippen LogP contribution in [0.25, 0.3) is 0 Å². The molecular formula is C29H34N10O2. The summed E-state index contributed by atoms with van der Waals surface area (Å²) in [6, 6.07) is 12.8. The average molecular weight is 555 g/mol. The second kappa shape index (κ2) is 12.1. The molecule has 0 unspecified atom stereocenters. The number of aromatic nitrogens is 2. The Bertz CT molecular complexity index is 1450. The second-order valence-corrected chi connectivity index (χ2v) is 10.4. The SMILES string of the molecule is CN1CCN(C(=O)c2ccc(Nc3cc(NC4CCN(c5ccc(C#N)cn5)CC4)c(C(N)=O)cn3)cc2N)CC1. The molecule has 0 atom stereocenters. The number of likely N-dealkylation sites (N-methyl/N-ethyl adjacent to an activating group) is 1. The number of piperidine rings is 1. The minimum absolute atomic E-state index is 0.0708. The Labute approximate surface area is 238 Å². The van der Waals surface area contributed by atoms with Gasteiger partial charge in [0.1, 0.15) is 17.7 Å². The lowest BCUT2D eigenvalue weighted by Crippen LogP contribution is -2.47. The molecule has 4 heterocycles. The lowest BCUT2D eigenvalue weighted by atomic mass is 10.0. The number of anilines is 5. The Kier molecular flexibility index (Phi) is 8.16. The van der Waals surface area contributed by atoms with Crippen molar-refractivity contribution in [3.8, 4) is 6.07 Å². The lowest BCUT2D eigenvalue weighted by molar-refractivity contribution is 0.0665. The molecule has 41 heavy (non-hydrogen) atoms. The Morgan fingerprint density at radius 3 is 2.37 bits per heavy atom. The summed E-state index contributed by atoms with van der Waals surface area (Å²) in [5.41, 5.74) is 14.9. The van der Waals surface area contributed by atoms with E-state index in [1.54, 1.807) is 36.5 Å². The molecule has 0 saturated carbocycles. The van der Waals surface area contributed by atoms with Crippen LogP contribution in [0.2, 0.25) is 0 Å². The first kappa shape index (κ1) is 27.7. The molecule has 6 N–H and O–H groups in total. The molecule has 0 bridgehead atoms. The molecule has 3 aromatic rings. The molecule has 2 aromatic heterocycles. The zero-order chi connectivity index (χ0) is 28.9. The smallest absolute Gasteiger partial charge is 0.256 e. The summed E-state index contributed by atoms with van der Waals surface area (Å²) in [7, 11) is 2.04. The van der Waals surface area contributed by atoms with Gasteiger partial charge in [0.15, 0.2) is 0 Å². The van der Waals surface area contributed by atoms with Gasteiger partial charge in [-0.1, -0.05) is 0 Å². The third-order valence-electron chi connectivity index (χ3n) is 7.57. The molecule has 2 amide bonds. The molecule has 2 saturated heterocycles. The maximum absolute atomic E-state index is 13.0. The van der Waals surface area contributed by atoms with E-state index in [2.05, 4.69) is 36.5 Å². The van der Waals surface area contributed by atoms with Crippen LogP contribution in [0.5, 0.6) is 0 Å². The predicted molar refractivity (Wildman–Crippen MR) is 158 cm³/mol. The van der Waals surface area contributed by atoms with E-state index < -0.39 is 5.91 Å². The number of benzene rings is 1. The maximum atomic E-state index is 13.0. The fourth-order valence-corrected chi connectivity index (χ4v) is 5.11. The lowest BCUT2D eigenvalue weighted by Gasteiger charge is -2.34. The topological polar surface area (TPSA) is 170 Å². The summed E-state index contributed by atoms with van der Waals surface area (Å²) in [4.78, 5) is 40.1. The van der Waals surface area contributed by atoms with E-state index in [-0.39, 0.29) is 11.9 Å². The number of nitrogens with one attached hydrogen (secondary N) is 2. The number of carbonyl (C=O) groups excluding carboxylic acids is 2. The van der Waals surface area contributed by atoms with Gasteiger partial charge in [0, 0.05) is 75.1 Å². The van der Waals surface area contributed by atoms with Gasteiger partial charge < -0.3 is 36.8 Å². The summed E-state index contributed by atoms with van der Waals surface area (Å²) in [5, 5.41) is 15.7. The molecule has 212 valence electrons. The van der Waals surface area contributed by atoms with E-state index in [1.165, 1.54) is 6.20 Å². The number of nitrogens with zero attached hydrogens (tertiary/aromatic N) is 6. The van der Waals surface area contributed by atoms with Crippen molar-refractivity contribution in [2.24, 2.45) is 5.73 Å². The third kappa shape index (κ3) is 6.47. The highest BCUT2D eigenvalue weighted by atomic mass is 16.2. The fraction of sp³-hybridized carbons (Fsp3) is 0.345. The Hall–Kier alpha value is -4.89. The van der Waals surface area contributed by atoms with Crippen molar-refractivity contribution < 1.29 is 9.59 Å². The van der Waals surface area contributed by atoms with Crippen LogP contribution < -0.4 is 27.0 Å². The molecule has 2 fully saturated rings. The van der Waals surface area contributed by atoms with Crippen molar-refractivity contribution >= 4 is 40.5 Å². The van der Waals surface area contributed by atoms with Crippen LogP contribution in [0.15, 0.2) is 48.8 Å². The highest BCUT2D eigenvalue weighted by molar-refractivity contribution is 6.00. The minimum Gasteiger partial charge on any atom is -0.398 e. The fourth-order valence-electron chi connectivity index (χ4n) is 5.11.